The summed E-state index contributed by atoms with van der Waals surface area (Å²) in [7, 11) is 0. The number of carbonyl (C=O) groups is 1. The maximum Gasteiger partial charge on any atom is 0.255 e. The first kappa shape index (κ1) is 17.4. The second kappa shape index (κ2) is 8.07. The first-order valence-electron chi connectivity index (χ1n) is 8.67. The summed E-state index contributed by atoms with van der Waals surface area (Å²) in [6.45, 7) is 8.52. The van der Waals surface area contributed by atoms with Gasteiger partial charge in [-0.05, 0) is 31.5 Å². The lowest BCUT2D eigenvalue weighted by Crippen LogP contribution is -2.48. The predicted molar refractivity (Wildman–Crippen MR) is 95.6 cm³/mol. The smallest absolute Gasteiger partial charge is 0.255 e. The van der Waals surface area contributed by atoms with Crippen molar-refractivity contribution in [3.8, 4) is 5.88 Å². The van der Waals surface area contributed by atoms with Gasteiger partial charge in [0.15, 0.2) is 0 Å². The number of hydrogen-bond acceptors (Lipinski definition) is 5. The van der Waals surface area contributed by atoms with Crippen LogP contribution < -0.4 is 4.74 Å². The van der Waals surface area contributed by atoms with Crippen molar-refractivity contribution in [3.63, 3.8) is 0 Å². The van der Waals surface area contributed by atoms with E-state index in [1.165, 1.54) is 0 Å². The Morgan fingerprint density at radius 2 is 1.88 bits per heavy atom. The van der Waals surface area contributed by atoms with Crippen molar-refractivity contribution >= 4 is 5.91 Å². The molecule has 25 heavy (non-hydrogen) atoms. The maximum absolute atomic E-state index is 12.5. The Labute approximate surface area is 148 Å². The van der Waals surface area contributed by atoms with Gasteiger partial charge in [0.2, 0.25) is 5.88 Å². The number of pyridine rings is 2. The third kappa shape index (κ3) is 4.54. The molecule has 6 heteroatoms. The Morgan fingerprint density at radius 3 is 2.48 bits per heavy atom. The summed E-state index contributed by atoms with van der Waals surface area (Å²) in [5.74, 6) is 0.725. The summed E-state index contributed by atoms with van der Waals surface area (Å²) in [6, 6.07) is 7.68. The van der Waals surface area contributed by atoms with Crippen LogP contribution in [0.4, 0.5) is 0 Å². The molecular weight excluding hydrogens is 316 g/mol. The largest absolute Gasteiger partial charge is 0.478 e. The highest BCUT2D eigenvalue weighted by molar-refractivity contribution is 5.94. The summed E-state index contributed by atoms with van der Waals surface area (Å²) in [6.07, 6.45) is 3.52. The number of piperazine rings is 1. The molecular formula is C19H24N4O2. The molecule has 1 fully saturated rings. The molecule has 0 saturated carbocycles. The van der Waals surface area contributed by atoms with Gasteiger partial charge in [0, 0.05) is 56.9 Å². The van der Waals surface area contributed by atoms with Crippen LogP contribution in [-0.2, 0) is 6.54 Å². The first-order chi connectivity index (χ1) is 12.2. The fourth-order valence-electron chi connectivity index (χ4n) is 2.88. The van der Waals surface area contributed by atoms with Crippen LogP contribution in [0.25, 0.3) is 0 Å². The fourth-order valence-corrected chi connectivity index (χ4v) is 2.88. The van der Waals surface area contributed by atoms with Crippen molar-refractivity contribution in [1.82, 2.24) is 19.8 Å². The van der Waals surface area contributed by atoms with Crippen molar-refractivity contribution in [2.75, 3.05) is 32.8 Å². The molecule has 0 atom stereocenters. The molecule has 0 unspecified atom stereocenters. The summed E-state index contributed by atoms with van der Waals surface area (Å²) >= 11 is 0. The maximum atomic E-state index is 12.5. The molecule has 2 aromatic heterocycles. The molecule has 0 aromatic carbocycles. The van der Waals surface area contributed by atoms with Gasteiger partial charge in [-0.2, -0.15) is 0 Å². The zero-order chi connectivity index (χ0) is 17.6. The third-order valence-electron chi connectivity index (χ3n) is 4.31. The molecule has 0 bridgehead atoms. The number of rotatable bonds is 5. The van der Waals surface area contributed by atoms with Gasteiger partial charge in [0.1, 0.15) is 0 Å². The van der Waals surface area contributed by atoms with Crippen molar-refractivity contribution in [2.24, 2.45) is 0 Å². The van der Waals surface area contributed by atoms with Crippen LogP contribution in [0.5, 0.6) is 5.88 Å². The van der Waals surface area contributed by atoms with Crippen LogP contribution in [0, 0.1) is 6.92 Å². The summed E-state index contributed by atoms with van der Waals surface area (Å²) in [5.41, 5.74) is 2.74. The molecule has 132 valence electrons. The van der Waals surface area contributed by atoms with E-state index in [0.717, 1.165) is 44.0 Å². The summed E-state index contributed by atoms with van der Waals surface area (Å²) in [4.78, 5) is 25.3. The number of carbonyl (C=O) groups excluding carboxylic acids is 1. The third-order valence-corrected chi connectivity index (χ3v) is 4.31. The molecule has 0 radical (unpaired) electrons. The molecule has 0 spiro atoms. The standard InChI is InChI=1S/C19H24N4O2/c1-3-25-18-7-5-16(12-21-18)14-22-8-10-23(11-9-22)19(24)17-6-4-15(2)20-13-17/h4-7,12-13H,3,8-11,14H2,1-2H3. The Morgan fingerprint density at radius 1 is 1.08 bits per heavy atom. The number of ether oxygens (including phenoxy) is 1. The molecule has 3 heterocycles. The fraction of sp³-hybridized carbons (Fsp3) is 0.421. The summed E-state index contributed by atoms with van der Waals surface area (Å²) < 4.78 is 5.37. The average molecular weight is 340 g/mol. The molecule has 3 rings (SSSR count). The van der Waals surface area contributed by atoms with Gasteiger partial charge in [-0.1, -0.05) is 6.07 Å². The van der Waals surface area contributed by atoms with Crippen LogP contribution in [0.1, 0.15) is 28.5 Å². The van der Waals surface area contributed by atoms with Crippen molar-refractivity contribution in [2.45, 2.75) is 20.4 Å². The van der Waals surface area contributed by atoms with Crippen LogP contribution in [0.2, 0.25) is 0 Å². The summed E-state index contributed by atoms with van der Waals surface area (Å²) in [5, 5.41) is 0. The van der Waals surface area contributed by atoms with Gasteiger partial charge < -0.3 is 9.64 Å². The number of amides is 1. The molecule has 0 N–H and O–H groups in total. The monoisotopic (exact) mass is 340 g/mol. The second-order valence-electron chi connectivity index (χ2n) is 6.19. The normalized spacial score (nSPS) is 15.2. The number of hydrogen-bond donors (Lipinski definition) is 0. The van der Waals surface area contributed by atoms with Gasteiger partial charge in [-0.3, -0.25) is 14.7 Å². The van der Waals surface area contributed by atoms with E-state index in [4.69, 9.17) is 4.74 Å². The lowest BCUT2D eigenvalue weighted by molar-refractivity contribution is 0.0628. The minimum atomic E-state index is 0.0647. The second-order valence-corrected chi connectivity index (χ2v) is 6.19. The zero-order valence-electron chi connectivity index (χ0n) is 14.8. The number of aryl methyl sites for hydroxylation is 1. The Hall–Kier alpha value is -2.47. The van der Waals surface area contributed by atoms with Gasteiger partial charge >= 0.3 is 0 Å². The molecule has 2 aromatic rings. The van der Waals surface area contributed by atoms with Gasteiger partial charge in [-0.25, -0.2) is 4.98 Å². The Kier molecular flexibility index (Phi) is 5.60. The number of nitrogens with zero attached hydrogens (tertiary/aromatic N) is 4. The van der Waals surface area contributed by atoms with Gasteiger partial charge in [-0.15, -0.1) is 0 Å². The molecule has 0 aliphatic carbocycles. The van der Waals surface area contributed by atoms with E-state index in [0.29, 0.717) is 18.1 Å². The molecule has 1 saturated heterocycles. The quantitative estimate of drug-likeness (QED) is 0.835. The van der Waals surface area contributed by atoms with E-state index in [9.17, 15) is 4.79 Å². The first-order valence-corrected chi connectivity index (χ1v) is 8.67. The van der Waals surface area contributed by atoms with E-state index in [1.807, 2.05) is 49.2 Å². The highest BCUT2D eigenvalue weighted by Gasteiger charge is 2.22. The highest BCUT2D eigenvalue weighted by atomic mass is 16.5. The minimum Gasteiger partial charge on any atom is -0.478 e. The topological polar surface area (TPSA) is 58.6 Å². The number of aromatic nitrogens is 2. The molecule has 1 aliphatic heterocycles. The Bertz CT molecular complexity index is 692. The molecule has 1 aliphatic rings. The minimum absolute atomic E-state index is 0.0647. The van der Waals surface area contributed by atoms with Crippen LogP contribution in [0.15, 0.2) is 36.7 Å². The molecule has 6 nitrogen and oxygen atoms in total. The van der Waals surface area contributed by atoms with E-state index in [1.54, 1.807) is 6.20 Å². The molecule has 1 amide bonds. The zero-order valence-corrected chi connectivity index (χ0v) is 14.8. The van der Waals surface area contributed by atoms with Crippen molar-refractivity contribution in [1.29, 1.82) is 0 Å². The average Bonchev–Trinajstić information content (AvgIpc) is 2.64. The Balaban J connectivity index is 1.51. The van der Waals surface area contributed by atoms with Crippen LogP contribution in [0.3, 0.4) is 0 Å². The van der Waals surface area contributed by atoms with E-state index >= 15 is 0 Å². The van der Waals surface area contributed by atoms with Crippen molar-refractivity contribution < 1.29 is 9.53 Å². The predicted octanol–water partition coefficient (Wildman–Crippen LogP) is 2.14. The van der Waals surface area contributed by atoms with E-state index in [-0.39, 0.29) is 5.91 Å². The lowest BCUT2D eigenvalue weighted by Gasteiger charge is -2.34. The van der Waals surface area contributed by atoms with Crippen LogP contribution >= 0.6 is 0 Å². The highest BCUT2D eigenvalue weighted by Crippen LogP contribution is 2.13. The van der Waals surface area contributed by atoms with Crippen molar-refractivity contribution in [3.05, 3.63) is 53.5 Å². The van der Waals surface area contributed by atoms with Gasteiger partial charge in [0.05, 0.1) is 12.2 Å². The van der Waals surface area contributed by atoms with E-state index < -0.39 is 0 Å². The lowest BCUT2D eigenvalue weighted by atomic mass is 10.2. The van der Waals surface area contributed by atoms with Crippen LogP contribution in [-0.4, -0.2) is 58.5 Å². The SMILES string of the molecule is CCOc1ccc(CN2CCN(C(=O)c3ccc(C)nc3)CC2)cn1. The van der Waals surface area contributed by atoms with Gasteiger partial charge in [0.25, 0.3) is 5.91 Å². The van der Waals surface area contributed by atoms with E-state index in [2.05, 4.69) is 14.9 Å².